The van der Waals surface area contributed by atoms with Crippen molar-refractivity contribution in [2.45, 2.75) is 26.1 Å². The quantitative estimate of drug-likeness (QED) is 0.471. The van der Waals surface area contributed by atoms with Gasteiger partial charge in [-0.25, -0.2) is 9.59 Å². The normalized spacial score (nSPS) is 15.4. The predicted octanol–water partition coefficient (Wildman–Crippen LogP) is 1.41. The van der Waals surface area contributed by atoms with Gasteiger partial charge in [0.1, 0.15) is 0 Å². The van der Waals surface area contributed by atoms with Gasteiger partial charge in [-0.3, -0.25) is 14.4 Å². The maximum absolute atomic E-state index is 11.7. The number of esters is 1. The summed E-state index contributed by atoms with van der Waals surface area (Å²) in [5.41, 5.74) is 0.288. The van der Waals surface area contributed by atoms with E-state index < -0.39 is 30.2 Å². The highest BCUT2D eigenvalue weighted by atomic mass is 16.9. The van der Waals surface area contributed by atoms with E-state index in [9.17, 15) is 19.2 Å². The molecule has 1 aliphatic heterocycles. The SMILES string of the molecule is C[C@@H](OC(=O)ON1C(=O)CCC1=O)OC(=O)c1ccccc1. The Hall–Kier alpha value is -2.90. The van der Waals surface area contributed by atoms with Crippen LogP contribution in [0.25, 0.3) is 0 Å². The van der Waals surface area contributed by atoms with Crippen molar-refractivity contribution >= 4 is 23.9 Å². The fourth-order valence-corrected chi connectivity index (χ4v) is 1.71. The number of hydrogen-bond acceptors (Lipinski definition) is 7. The molecule has 0 aromatic heterocycles. The molecule has 1 aromatic carbocycles. The number of rotatable bonds is 4. The molecule has 2 rings (SSSR count). The molecule has 1 fully saturated rings. The zero-order valence-corrected chi connectivity index (χ0v) is 11.7. The summed E-state index contributed by atoms with van der Waals surface area (Å²) in [7, 11) is 0. The van der Waals surface area contributed by atoms with Gasteiger partial charge in [0.05, 0.1) is 5.56 Å². The first-order valence-corrected chi connectivity index (χ1v) is 6.48. The van der Waals surface area contributed by atoms with Gasteiger partial charge < -0.3 is 9.47 Å². The van der Waals surface area contributed by atoms with Crippen molar-refractivity contribution in [2.75, 3.05) is 0 Å². The summed E-state index contributed by atoms with van der Waals surface area (Å²) >= 11 is 0. The molecule has 0 saturated carbocycles. The Morgan fingerprint density at radius 2 is 1.64 bits per heavy atom. The van der Waals surface area contributed by atoms with E-state index in [1.165, 1.54) is 19.1 Å². The smallest absolute Gasteiger partial charge is 0.422 e. The molecule has 1 aliphatic rings. The molecule has 116 valence electrons. The third-order valence-corrected chi connectivity index (χ3v) is 2.72. The van der Waals surface area contributed by atoms with Crippen LogP contribution in [0.3, 0.4) is 0 Å². The minimum Gasteiger partial charge on any atom is -0.422 e. The van der Waals surface area contributed by atoms with Crippen LogP contribution < -0.4 is 0 Å². The molecular formula is C14H13NO7. The predicted molar refractivity (Wildman–Crippen MR) is 70.0 cm³/mol. The molecule has 1 saturated heterocycles. The Morgan fingerprint density at radius 1 is 1.05 bits per heavy atom. The van der Waals surface area contributed by atoms with Crippen LogP contribution in [-0.2, 0) is 23.9 Å². The molecule has 1 heterocycles. The van der Waals surface area contributed by atoms with Gasteiger partial charge in [-0.15, -0.1) is 0 Å². The minimum absolute atomic E-state index is 0.0232. The van der Waals surface area contributed by atoms with E-state index in [1.807, 2.05) is 0 Å². The zero-order chi connectivity index (χ0) is 16.1. The van der Waals surface area contributed by atoms with Crippen LogP contribution in [0, 0.1) is 0 Å². The van der Waals surface area contributed by atoms with E-state index in [-0.39, 0.29) is 18.4 Å². The number of carbonyl (C=O) groups is 4. The molecular weight excluding hydrogens is 294 g/mol. The van der Waals surface area contributed by atoms with E-state index >= 15 is 0 Å². The number of amides is 2. The second kappa shape index (κ2) is 6.70. The highest BCUT2D eigenvalue weighted by molar-refractivity contribution is 6.01. The third kappa shape index (κ3) is 3.81. The van der Waals surface area contributed by atoms with Crippen LogP contribution >= 0.6 is 0 Å². The molecule has 1 atom stereocenters. The van der Waals surface area contributed by atoms with E-state index in [1.54, 1.807) is 18.2 Å². The molecule has 0 spiro atoms. The maximum Gasteiger partial charge on any atom is 0.537 e. The molecule has 22 heavy (non-hydrogen) atoms. The summed E-state index contributed by atoms with van der Waals surface area (Å²) in [4.78, 5) is 50.1. The first kappa shape index (κ1) is 15.5. The molecule has 0 radical (unpaired) electrons. The number of imide groups is 1. The van der Waals surface area contributed by atoms with Gasteiger partial charge in [0, 0.05) is 19.8 Å². The molecule has 0 unspecified atom stereocenters. The van der Waals surface area contributed by atoms with Crippen LogP contribution in [0.15, 0.2) is 30.3 Å². The lowest BCUT2D eigenvalue weighted by Crippen LogP contribution is -2.34. The Balaban J connectivity index is 1.83. The maximum atomic E-state index is 11.7. The number of hydrogen-bond donors (Lipinski definition) is 0. The van der Waals surface area contributed by atoms with Crippen molar-refractivity contribution in [1.82, 2.24) is 5.06 Å². The van der Waals surface area contributed by atoms with Crippen molar-refractivity contribution in [2.24, 2.45) is 0 Å². The van der Waals surface area contributed by atoms with Crippen LogP contribution in [0.4, 0.5) is 4.79 Å². The van der Waals surface area contributed by atoms with Crippen molar-refractivity contribution in [3.05, 3.63) is 35.9 Å². The first-order chi connectivity index (χ1) is 10.5. The van der Waals surface area contributed by atoms with Gasteiger partial charge in [0.15, 0.2) is 0 Å². The second-order valence-corrected chi connectivity index (χ2v) is 4.38. The lowest BCUT2D eigenvalue weighted by molar-refractivity contribution is -0.183. The number of nitrogens with zero attached hydrogens (tertiary/aromatic N) is 1. The monoisotopic (exact) mass is 307 g/mol. The summed E-state index contributed by atoms with van der Waals surface area (Å²) in [6.07, 6.45) is -2.60. The van der Waals surface area contributed by atoms with Gasteiger partial charge in [-0.05, 0) is 12.1 Å². The van der Waals surface area contributed by atoms with Crippen LogP contribution in [0.5, 0.6) is 0 Å². The Labute approximate surface area is 125 Å². The van der Waals surface area contributed by atoms with Crippen LogP contribution in [-0.4, -0.2) is 35.3 Å². The Morgan fingerprint density at radius 3 is 2.23 bits per heavy atom. The van der Waals surface area contributed by atoms with Crippen molar-refractivity contribution in [3.8, 4) is 0 Å². The average Bonchev–Trinajstić information content (AvgIpc) is 2.79. The minimum atomic E-state index is -1.31. The summed E-state index contributed by atoms with van der Waals surface area (Å²) in [5, 5.41) is 0.341. The number of ether oxygens (including phenoxy) is 2. The fourth-order valence-electron chi connectivity index (χ4n) is 1.71. The lowest BCUT2D eigenvalue weighted by atomic mass is 10.2. The largest absolute Gasteiger partial charge is 0.537 e. The summed E-state index contributed by atoms with van der Waals surface area (Å²) in [5.74, 6) is -1.94. The number of hydroxylamine groups is 2. The van der Waals surface area contributed by atoms with Gasteiger partial charge >= 0.3 is 12.1 Å². The fraction of sp³-hybridized carbons (Fsp3) is 0.286. The molecule has 0 bridgehead atoms. The lowest BCUT2D eigenvalue weighted by Gasteiger charge is -2.16. The molecule has 1 aromatic rings. The van der Waals surface area contributed by atoms with Crippen molar-refractivity contribution in [1.29, 1.82) is 0 Å². The summed E-state index contributed by atoms with van der Waals surface area (Å²) < 4.78 is 9.53. The Kier molecular flexibility index (Phi) is 4.72. The van der Waals surface area contributed by atoms with E-state index in [4.69, 9.17) is 4.74 Å². The topological polar surface area (TPSA) is 99.2 Å². The van der Waals surface area contributed by atoms with Crippen molar-refractivity contribution < 1.29 is 33.5 Å². The van der Waals surface area contributed by atoms with E-state index in [2.05, 4.69) is 9.57 Å². The van der Waals surface area contributed by atoms with Crippen LogP contribution in [0.2, 0.25) is 0 Å². The van der Waals surface area contributed by atoms with Gasteiger partial charge in [-0.2, -0.15) is 0 Å². The van der Waals surface area contributed by atoms with Gasteiger partial charge in [0.2, 0.25) is 6.29 Å². The molecule has 2 amide bonds. The summed E-state index contributed by atoms with van der Waals surface area (Å²) in [6, 6.07) is 8.12. The Bertz CT molecular complexity index is 582. The second-order valence-electron chi connectivity index (χ2n) is 4.38. The number of benzene rings is 1. The highest BCUT2D eigenvalue weighted by Gasteiger charge is 2.34. The third-order valence-electron chi connectivity index (χ3n) is 2.72. The first-order valence-electron chi connectivity index (χ1n) is 6.48. The molecule has 8 heteroatoms. The zero-order valence-electron chi connectivity index (χ0n) is 11.7. The van der Waals surface area contributed by atoms with Gasteiger partial charge in [-0.1, -0.05) is 23.3 Å². The van der Waals surface area contributed by atoms with Crippen molar-refractivity contribution in [3.63, 3.8) is 0 Å². The summed E-state index contributed by atoms with van der Waals surface area (Å²) in [6.45, 7) is 1.30. The highest BCUT2D eigenvalue weighted by Crippen LogP contribution is 2.13. The standard InChI is InChI=1S/C14H13NO7/c1-9(20-13(18)10-5-3-2-4-6-10)21-14(19)22-15-11(16)7-8-12(15)17/h2-6,9H,7-8H2,1H3/t9-/m1/s1. The number of carbonyl (C=O) groups excluding carboxylic acids is 4. The van der Waals surface area contributed by atoms with E-state index in [0.717, 1.165) is 0 Å². The van der Waals surface area contributed by atoms with E-state index in [0.29, 0.717) is 5.06 Å². The van der Waals surface area contributed by atoms with Crippen LogP contribution in [0.1, 0.15) is 30.1 Å². The average molecular weight is 307 g/mol. The molecule has 8 nitrogen and oxygen atoms in total. The molecule has 0 N–H and O–H groups in total. The molecule has 0 aliphatic carbocycles. The van der Waals surface area contributed by atoms with Gasteiger partial charge in [0.25, 0.3) is 11.8 Å².